The monoisotopic (exact) mass is 252 g/mol. The Hall–Kier alpha value is -2.67. The van der Waals surface area contributed by atoms with E-state index in [0.29, 0.717) is 0 Å². The Bertz CT molecular complexity index is 679. The van der Waals surface area contributed by atoms with E-state index in [1.807, 2.05) is 30.3 Å². The smallest absolute Gasteiger partial charge is 0.348 e. The summed E-state index contributed by atoms with van der Waals surface area (Å²) in [4.78, 5) is 15.8. The van der Waals surface area contributed by atoms with Crippen LogP contribution in [-0.4, -0.2) is 17.6 Å². The number of nitriles is 1. The molecule has 0 atom stereocenters. The normalized spacial score (nSPS) is 11.1. The molecule has 94 valence electrons. The Morgan fingerprint density at radius 2 is 2.21 bits per heavy atom. The van der Waals surface area contributed by atoms with Crippen molar-refractivity contribution in [2.45, 2.75) is 6.92 Å². The van der Waals surface area contributed by atoms with E-state index < -0.39 is 5.97 Å². The first-order valence-electron chi connectivity index (χ1n) is 5.89. The van der Waals surface area contributed by atoms with Gasteiger partial charge >= 0.3 is 5.97 Å². The molecule has 0 aliphatic carbocycles. The van der Waals surface area contributed by atoms with Gasteiger partial charge in [0.15, 0.2) is 0 Å². The van der Waals surface area contributed by atoms with Gasteiger partial charge in [0, 0.05) is 11.6 Å². The first kappa shape index (κ1) is 12.8. The molecule has 0 bridgehead atoms. The number of pyridine rings is 1. The lowest BCUT2D eigenvalue weighted by Gasteiger charge is -2.03. The summed E-state index contributed by atoms with van der Waals surface area (Å²) in [5.41, 5.74) is 1.57. The number of hydrogen-bond acceptors (Lipinski definition) is 4. The summed E-state index contributed by atoms with van der Waals surface area (Å²) in [7, 11) is 0. The molecule has 19 heavy (non-hydrogen) atoms. The van der Waals surface area contributed by atoms with Crippen LogP contribution in [0.2, 0.25) is 0 Å². The van der Waals surface area contributed by atoms with Gasteiger partial charge in [0.05, 0.1) is 12.1 Å². The van der Waals surface area contributed by atoms with Crippen LogP contribution < -0.4 is 0 Å². The van der Waals surface area contributed by atoms with Crippen LogP contribution in [0.5, 0.6) is 0 Å². The maximum absolute atomic E-state index is 11.6. The van der Waals surface area contributed by atoms with E-state index in [4.69, 9.17) is 10.00 Å². The highest BCUT2D eigenvalue weighted by Gasteiger charge is 2.10. The average molecular weight is 252 g/mol. The molecule has 0 amide bonds. The molecule has 1 aromatic carbocycles. The lowest BCUT2D eigenvalue weighted by molar-refractivity contribution is -0.137. The van der Waals surface area contributed by atoms with E-state index in [-0.39, 0.29) is 12.2 Å². The second-order valence-corrected chi connectivity index (χ2v) is 3.81. The van der Waals surface area contributed by atoms with Crippen molar-refractivity contribution in [1.82, 2.24) is 4.98 Å². The molecule has 0 aliphatic heterocycles. The first-order valence-corrected chi connectivity index (χ1v) is 5.89. The fourth-order valence-corrected chi connectivity index (χ4v) is 1.75. The Morgan fingerprint density at radius 3 is 2.95 bits per heavy atom. The molecular weight excluding hydrogens is 240 g/mol. The van der Waals surface area contributed by atoms with Gasteiger partial charge in [-0.15, -0.1) is 0 Å². The van der Waals surface area contributed by atoms with Crippen LogP contribution in [0.1, 0.15) is 12.5 Å². The zero-order chi connectivity index (χ0) is 13.7. The second kappa shape index (κ2) is 5.78. The zero-order valence-corrected chi connectivity index (χ0v) is 10.5. The van der Waals surface area contributed by atoms with E-state index in [0.717, 1.165) is 16.5 Å². The molecule has 0 spiro atoms. The lowest BCUT2D eigenvalue weighted by Crippen LogP contribution is -2.06. The van der Waals surface area contributed by atoms with Gasteiger partial charge in [-0.2, -0.15) is 5.26 Å². The molecule has 0 aliphatic rings. The SMILES string of the molecule is CCOC(=O)/C(C#N)=C/c1ccnc2ccccc12. The van der Waals surface area contributed by atoms with Gasteiger partial charge in [-0.3, -0.25) is 4.98 Å². The molecule has 0 fully saturated rings. The number of ether oxygens (including phenoxy) is 1. The number of rotatable bonds is 3. The molecule has 1 aromatic heterocycles. The van der Waals surface area contributed by atoms with Crippen molar-refractivity contribution in [2.75, 3.05) is 6.61 Å². The zero-order valence-electron chi connectivity index (χ0n) is 10.5. The minimum absolute atomic E-state index is 0.0156. The van der Waals surface area contributed by atoms with Crippen molar-refractivity contribution in [3.63, 3.8) is 0 Å². The summed E-state index contributed by atoms with van der Waals surface area (Å²) in [6, 6.07) is 11.2. The van der Waals surface area contributed by atoms with Crippen LogP contribution in [-0.2, 0) is 9.53 Å². The van der Waals surface area contributed by atoms with Gasteiger partial charge in [-0.05, 0) is 30.7 Å². The Kier molecular flexibility index (Phi) is 3.89. The number of nitrogens with zero attached hydrogens (tertiary/aromatic N) is 2. The van der Waals surface area contributed by atoms with Crippen molar-refractivity contribution in [3.05, 3.63) is 47.7 Å². The van der Waals surface area contributed by atoms with E-state index in [2.05, 4.69) is 4.98 Å². The third kappa shape index (κ3) is 2.78. The number of hydrogen-bond donors (Lipinski definition) is 0. The van der Waals surface area contributed by atoms with Crippen LogP contribution in [0.25, 0.3) is 17.0 Å². The van der Waals surface area contributed by atoms with Crippen LogP contribution in [0.4, 0.5) is 0 Å². The van der Waals surface area contributed by atoms with Crippen LogP contribution in [0.3, 0.4) is 0 Å². The van der Waals surface area contributed by atoms with E-state index in [1.54, 1.807) is 19.2 Å². The molecule has 2 aromatic rings. The van der Waals surface area contributed by atoms with Crippen LogP contribution in [0.15, 0.2) is 42.1 Å². The maximum atomic E-state index is 11.6. The minimum atomic E-state index is -0.606. The number of carbonyl (C=O) groups is 1. The first-order chi connectivity index (χ1) is 9.26. The number of carbonyl (C=O) groups excluding carboxylic acids is 1. The van der Waals surface area contributed by atoms with Crippen LogP contribution >= 0.6 is 0 Å². The summed E-state index contributed by atoms with van der Waals surface area (Å²) in [6.45, 7) is 1.95. The summed E-state index contributed by atoms with van der Waals surface area (Å²) in [5.74, 6) is -0.606. The molecule has 1 heterocycles. The lowest BCUT2D eigenvalue weighted by atomic mass is 10.1. The van der Waals surface area contributed by atoms with E-state index in [9.17, 15) is 4.79 Å². The highest BCUT2D eigenvalue weighted by atomic mass is 16.5. The Labute approximate surface area is 111 Å². The molecule has 4 heteroatoms. The number of aromatic nitrogens is 1. The predicted molar refractivity (Wildman–Crippen MR) is 72.0 cm³/mol. The highest BCUT2D eigenvalue weighted by Crippen LogP contribution is 2.19. The third-order valence-electron chi connectivity index (χ3n) is 2.60. The van der Waals surface area contributed by atoms with Gasteiger partial charge in [0.25, 0.3) is 0 Å². The van der Waals surface area contributed by atoms with Crippen molar-refractivity contribution in [3.8, 4) is 6.07 Å². The van der Waals surface area contributed by atoms with Crippen molar-refractivity contribution in [1.29, 1.82) is 5.26 Å². The predicted octanol–water partition coefficient (Wildman–Crippen LogP) is 2.70. The summed E-state index contributed by atoms with van der Waals surface area (Å²) in [5, 5.41) is 9.91. The molecule has 2 rings (SSSR count). The Morgan fingerprint density at radius 1 is 1.42 bits per heavy atom. The third-order valence-corrected chi connectivity index (χ3v) is 2.60. The summed E-state index contributed by atoms with van der Waals surface area (Å²) >= 11 is 0. The van der Waals surface area contributed by atoms with Gasteiger partial charge in [0.2, 0.25) is 0 Å². The molecular formula is C15H12N2O2. The number of para-hydroxylation sites is 1. The maximum Gasteiger partial charge on any atom is 0.348 e. The fraction of sp³-hybridized carbons (Fsp3) is 0.133. The molecule has 0 saturated carbocycles. The quantitative estimate of drug-likeness (QED) is 0.478. The molecule has 0 saturated heterocycles. The van der Waals surface area contributed by atoms with Crippen LogP contribution in [0, 0.1) is 11.3 Å². The molecule has 0 N–H and O–H groups in total. The molecule has 0 radical (unpaired) electrons. The van der Waals surface area contributed by atoms with Gasteiger partial charge in [-0.1, -0.05) is 18.2 Å². The van der Waals surface area contributed by atoms with Crippen molar-refractivity contribution < 1.29 is 9.53 Å². The van der Waals surface area contributed by atoms with E-state index in [1.165, 1.54) is 6.08 Å². The number of benzene rings is 1. The van der Waals surface area contributed by atoms with Gasteiger partial charge in [-0.25, -0.2) is 4.79 Å². The summed E-state index contributed by atoms with van der Waals surface area (Å²) < 4.78 is 4.83. The van der Waals surface area contributed by atoms with Gasteiger partial charge in [0.1, 0.15) is 11.6 Å². The Balaban J connectivity index is 2.50. The summed E-state index contributed by atoms with van der Waals surface area (Å²) in [6.07, 6.45) is 3.18. The number of fused-ring (bicyclic) bond motifs is 1. The topological polar surface area (TPSA) is 63.0 Å². The standard InChI is InChI=1S/C15H12N2O2/c1-2-19-15(18)12(10-16)9-11-7-8-17-14-6-4-3-5-13(11)14/h3-9H,2H2,1H3/b12-9+. The average Bonchev–Trinajstić information content (AvgIpc) is 2.45. The highest BCUT2D eigenvalue weighted by molar-refractivity contribution is 6.00. The molecule has 0 unspecified atom stereocenters. The molecule has 4 nitrogen and oxygen atoms in total. The minimum Gasteiger partial charge on any atom is -0.462 e. The van der Waals surface area contributed by atoms with Gasteiger partial charge < -0.3 is 4.74 Å². The van der Waals surface area contributed by atoms with Crippen molar-refractivity contribution in [2.24, 2.45) is 0 Å². The fourth-order valence-electron chi connectivity index (χ4n) is 1.75. The largest absolute Gasteiger partial charge is 0.462 e. The number of esters is 1. The van der Waals surface area contributed by atoms with E-state index >= 15 is 0 Å². The second-order valence-electron chi connectivity index (χ2n) is 3.81. The van der Waals surface area contributed by atoms with Crippen molar-refractivity contribution >= 4 is 22.9 Å².